The minimum Gasteiger partial charge on any atom is -0.0622 e. The standard InChI is InChI=1S/C54H32/c1-29-13-15-35(31-9-5-3-6-10-31)47-33(29)17-19-41-43-23-21-37-38-22-24-44-42-20-18-34-30(2)14-16-36(32-11-7-4-8-12-32)48(34)52(42)46-28-26-40(50(38)54(44)46)39-25-27-45(51(41)47)53(43)49(37)39/h3-28H,1-2H3. The van der Waals surface area contributed by atoms with E-state index in [9.17, 15) is 0 Å². The third-order valence-corrected chi connectivity index (χ3v) is 13.0. The molecule has 0 saturated heterocycles. The lowest BCUT2D eigenvalue weighted by Gasteiger charge is -2.17. The highest BCUT2D eigenvalue weighted by atomic mass is 14.3. The van der Waals surface area contributed by atoms with E-state index in [0.29, 0.717) is 0 Å². The monoisotopic (exact) mass is 680 g/mol. The van der Waals surface area contributed by atoms with Crippen molar-refractivity contribution in [3.8, 4) is 66.8 Å². The van der Waals surface area contributed by atoms with Gasteiger partial charge in [-0.05, 0) is 156 Å². The van der Waals surface area contributed by atoms with Crippen LogP contribution in [0.5, 0.6) is 0 Å². The molecule has 11 aromatic rings. The van der Waals surface area contributed by atoms with Crippen LogP contribution in [0, 0.1) is 13.8 Å². The summed E-state index contributed by atoms with van der Waals surface area (Å²) in [7, 11) is 0. The van der Waals surface area contributed by atoms with Crippen LogP contribution in [0.2, 0.25) is 0 Å². The Morgan fingerprint density at radius 3 is 0.963 bits per heavy atom. The molecule has 248 valence electrons. The van der Waals surface area contributed by atoms with Crippen molar-refractivity contribution in [2.45, 2.75) is 13.8 Å². The lowest BCUT2D eigenvalue weighted by molar-refractivity contribution is 1.52. The van der Waals surface area contributed by atoms with Gasteiger partial charge >= 0.3 is 0 Å². The number of rotatable bonds is 2. The van der Waals surface area contributed by atoms with E-state index >= 15 is 0 Å². The first kappa shape index (κ1) is 28.8. The summed E-state index contributed by atoms with van der Waals surface area (Å²) in [5.41, 5.74) is 18.6. The topological polar surface area (TPSA) is 0 Å². The van der Waals surface area contributed by atoms with E-state index in [1.54, 1.807) is 0 Å². The summed E-state index contributed by atoms with van der Waals surface area (Å²) in [6.07, 6.45) is 0. The molecule has 0 radical (unpaired) electrons. The van der Waals surface area contributed by atoms with Crippen LogP contribution >= 0.6 is 0 Å². The lowest BCUT2D eigenvalue weighted by Crippen LogP contribution is -1.90. The van der Waals surface area contributed by atoms with Gasteiger partial charge in [-0.15, -0.1) is 0 Å². The molecule has 0 bridgehead atoms. The molecule has 0 spiro atoms. The highest BCUT2D eigenvalue weighted by molar-refractivity contribution is 6.41. The number of hydrogen-bond acceptors (Lipinski definition) is 0. The SMILES string of the molecule is Cc1ccc(-c2ccccc2)c2c3c(ccc12)-c1ccc2c4ccc5c6c(ccc(c7ccc-3c1c27)c64)-c1c-5ccc2c(C)ccc(-c3ccccc3)c12. The van der Waals surface area contributed by atoms with Crippen molar-refractivity contribution in [1.29, 1.82) is 0 Å². The van der Waals surface area contributed by atoms with Crippen LogP contribution in [0.15, 0.2) is 158 Å². The zero-order valence-corrected chi connectivity index (χ0v) is 30.0. The van der Waals surface area contributed by atoms with Gasteiger partial charge in [-0.2, -0.15) is 0 Å². The first-order chi connectivity index (χ1) is 26.7. The summed E-state index contributed by atoms with van der Waals surface area (Å²) in [5, 5.41) is 16.3. The Balaban J connectivity index is 1.13. The average Bonchev–Trinajstić information content (AvgIpc) is 3.74. The van der Waals surface area contributed by atoms with E-state index in [4.69, 9.17) is 0 Å². The van der Waals surface area contributed by atoms with Gasteiger partial charge in [0.05, 0.1) is 0 Å². The van der Waals surface area contributed by atoms with E-state index in [1.165, 1.54) is 143 Å². The van der Waals surface area contributed by atoms with E-state index in [1.807, 2.05) is 0 Å². The van der Waals surface area contributed by atoms with Crippen molar-refractivity contribution in [2.24, 2.45) is 0 Å². The van der Waals surface area contributed by atoms with Crippen molar-refractivity contribution < 1.29 is 0 Å². The molecule has 0 heterocycles. The first-order valence-electron chi connectivity index (χ1n) is 19.1. The van der Waals surface area contributed by atoms with E-state index in [-0.39, 0.29) is 0 Å². The molecule has 0 heteroatoms. The van der Waals surface area contributed by atoms with Gasteiger partial charge < -0.3 is 0 Å². The molecule has 13 rings (SSSR count). The third-order valence-electron chi connectivity index (χ3n) is 13.0. The van der Waals surface area contributed by atoms with Crippen LogP contribution < -0.4 is 0 Å². The second kappa shape index (κ2) is 10.0. The normalized spacial score (nSPS) is 12.6. The number of aryl methyl sites for hydroxylation is 2. The minimum atomic E-state index is 1.26. The van der Waals surface area contributed by atoms with Crippen molar-refractivity contribution in [3.63, 3.8) is 0 Å². The highest BCUT2D eigenvalue weighted by Crippen LogP contribution is 2.58. The zero-order chi connectivity index (χ0) is 35.4. The fourth-order valence-electron chi connectivity index (χ4n) is 10.7. The molecular weight excluding hydrogens is 649 g/mol. The molecule has 2 aliphatic rings. The van der Waals surface area contributed by atoms with Gasteiger partial charge in [-0.1, -0.05) is 158 Å². The van der Waals surface area contributed by atoms with Gasteiger partial charge in [-0.3, -0.25) is 0 Å². The van der Waals surface area contributed by atoms with Crippen molar-refractivity contribution in [3.05, 3.63) is 169 Å². The molecule has 0 aliphatic heterocycles. The molecular formula is C54H32. The lowest BCUT2D eigenvalue weighted by atomic mass is 9.85. The maximum absolute atomic E-state index is 2.43. The van der Waals surface area contributed by atoms with Gasteiger partial charge in [-0.25, -0.2) is 0 Å². The Morgan fingerprint density at radius 2 is 0.556 bits per heavy atom. The predicted molar refractivity (Wildman–Crippen MR) is 232 cm³/mol. The van der Waals surface area contributed by atoms with Gasteiger partial charge in [0.2, 0.25) is 0 Å². The summed E-state index contributed by atoms with van der Waals surface area (Å²) < 4.78 is 0. The first-order valence-corrected chi connectivity index (χ1v) is 19.1. The van der Waals surface area contributed by atoms with Crippen LogP contribution in [-0.4, -0.2) is 0 Å². The second-order valence-corrected chi connectivity index (χ2v) is 15.6. The van der Waals surface area contributed by atoms with Crippen molar-refractivity contribution >= 4 is 64.6 Å². The molecule has 0 amide bonds. The molecule has 2 aliphatic carbocycles. The number of fused-ring (bicyclic) bond motifs is 12. The molecule has 11 aromatic carbocycles. The molecule has 0 saturated carbocycles. The molecule has 0 atom stereocenters. The predicted octanol–water partition coefficient (Wildman–Crippen LogP) is 15.3. The summed E-state index contributed by atoms with van der Waals surface area (Å²) in [6, 6.07) is 59.9. The number of hydrogen-bond donors (Lipinski definition) is 0. The van der Waals surface area contributed by atoms with E-state index in [0.717, 1.165) is 0 Å². The summed E-state index contributed by atoms with van der Waals surface area (Å²) in [6.45, 7) is 4.50. The van der Waals surface area contributed by atoms with Crippen molar-refractivity contribution in [2.75, 3.05) is 0 Å². The molecule has 0 unspecified atom stereocenters. The summed E-state index contributed by atoms with van der Waals surface area (Å²) >= 11 is 0. The maximum atomic E-state index is 2.43. The Kier molecular flexibility index (Phi) is 5.33. The van der Waals surface area contributed by atoms with Crippen LogP contribution in [-0.2, 0) is 0 Å². The summed E-state index contributed by atoms with van der Waals surface area (Å²) in [5.74, 6) is 0. The number of benzene rings is 11. The fourth-order valence-corrected chi connectivity index (χ4v) is 10.7. The van der Waals surface area contributed by atoms with Gasteiger partial charge in [0, 0.05) is 0 Å². The fraction of sp³-hybridized carbons (Fsp3) is 0.0370. The highest BCUT2D eigenvalue weighted by Gasteiger charge is 2.31. The molecule has 0 N–H and O–H groups in total. The second-order valence-electron chi connectivity index (χ2n) is 15.6. The quantitative estimate of drug-likeness (QED) is 0.126. The zero-order valence-electron chi connectivity index (χ0n) is 30.0. The largest absolute Gasteiger partial charge is 0.0622 e. The van der Waals surface area contributed by atoms with Gasteiger partial charge in [0.25, 0.3) is 0 Å². The minimum absolute atomic E-state index is 1.26. The van der Waals surface area contributed by atoms with Crippen LogP contribution in [0.1, 0.15) is 11.1 Å². The maximum Gasteiger partial charge on any atom is -0.00137 e. The molecule has 0 nitrogen and oxygen atoms in total. The Labute approximate surface area is 312 Å². The van der Waals surface area contributed by atoms with Gasteiger partial charge in [0.15, 0.2) is 0 Å². The van der Waals surface area contributed by atoms with Crippen LogP contribution in [0.4, 0.5) is 0 Å². The van der Waals surface area contributed by atoms with Gasteiger partial charge in [0.1, 0.15) is 0 Å². The van der Waals surface area contributed by atoms with Crippen molar-refractivity contribution in [1.82, 2.24) is 0 Å². The Morgan fingerprint density at radius 1 is 0.222 bits per heavy atom. The molecule has 0 fully saturated rings. The van der Waals surface area contributed by atoms with Crippen LogP contribution in [0.3, 0.4) is 0 Å². The van der Waals surface area contributed by atoms with Crippen LogP contribution in [0.25, 0.3) is 131 Å². The third kappa shape index (κ3) is 3.41. The molecule has 54 heavy (non-hydrogen) atoms. The average molecular weight is 681 g/mol. The Bertz CT molecular complexity index is 3220. The Hall–Kier alpha value is -6.76. The van der Waals surface area contributed by atoms with E-state index < -0.39 is 0 Å². The summed E-state index contributed by atoms with van der Waals surface area (Å²) in [4.78, 5) is 0. The smallest absolute Gasteiger partial charge is 0.00137 e. The van der Waals surface area contributed by atoms with E-state index in [2.05, 4.69) is 172 Å². The molecule has 0 aromatic heterocycles.